The highest BCUT2D eigenvalue weighted by Crippen LogP contribution is 2.16. The highest BCUT2D eigenvalue weighted by atomic mass is 16.6. The molecule has 0 radical (unpaired) electrons. The lowest BCUT2D eigenvalue weighted by molar-refractivity contribution is -0.385. The van der Waals surface area contributed by atoms with Gasteiger partial charge >= 0.3 is 5.69 Å². The first-order valence-corrected chi connectivity index (χ1v) is 6.09. The van der Waals surface area contributed by atoms with Crippen molar-refractivity contribution in [3.8, 4) is 0 Å². The fraction of sp³-hybridized carbons (Fsp3) is 0.273. The maximum atomic E-state index is 11.9. The number of anilines is 1. The number of carbonyl (C=O) groups excluding carboxylic acids is 2. The summed E-state index contributed by atoms with van der Waals surface area (Å²) < 4.78 is 2.38. The summed E-state index contributed by atoms with van der Waals surface area (Å²) in [6.45, 7) is 1.22. The van der Waals surface area contributed by atoms with Crippen LogP contribution in [0.2, 0.25) is 0 Å². The number of rotatable bonds is 5. The lowest BCUT2D eigenvalue weighted by Crippen LogP contribution is -2.22. The average Bonchev–Trinajstić information content (AvgIpc) is 2.92. The van der Waals surface area contributed by atoms with E-state index in [2.05, 4.69) is 15.5 Å². The molecule has 0 aromatic carbocycles. The Morgan fingerprint density at radius 1 is 1.50 bits per heavy atom. The number of primary amides is 1. The third kappa shape index (κ3) is 2.92. The molecule has 116 valence electrons. The predicted molar refractivity (Wildman–Crippen MR) is 74.0 cm³/mol. The van der Waals surface area contributed by atoms with Gasteiger partial charge in [0.2, 0.25) is 5.91 Å². The largest absolute Gasteiger partial charge is 0.364 e. The van der Waals surface area contributed by atoms with Gasteiger partial charge in [-0.1, -0.05) is 0 Å². The van der Waals surface area contributed by atoms with Crippen molar-refractivity contribution in [3.05, 3.63) is 33.9 Å². The maximum absolute atomic E-state index is 11.9. The molecule has 2 rings (SSSR count). The van der Waals surface area contributed by atoms with Crippen LogP contribution < -0.4 is 11.1 Å². The first-order chi connectivity index (χ1) is 10.3. The second-order valence-electron chi connectivity index (χ2n) is 4.50. The zero-order valence-electron chi connectivity index (χ0n) is 11.8. The van der Waals surface area contributed by atoms with Crippen molar-refractivity contribution < 1.29 is 14.5 Å². The van der Waals surface area contributed by atoms with Gasteiger partial charge in [0.05, 0.1) is 16.8 Å². The van der Waals surface area contributed by atoms with Crippen LogP contribution in [0, 0.1) is 17.0 Å². The van der Waals surface area contributed by atoms with Gasteiger partial charge in [-0.05, 0) is 6.92 Å². The molecule has 0 atom stereocenters. The highest BCUT2D eigenvalue weighted by molar-refractivity contribution is 6.01. The molecular formula is C11H13N7O4. The molecule has 2 heterocycles. The van der Waals surface area contributed by atoms with Gasteiger partial charge in [-0.3, -0.25) is 29.1 Å². The normalized spacial score (nSPS) is 10.5. The van der Waals surface area contributed by atoms with Gasteiger partial charge in [-0.2, -0.15) is 10.2 Å². The number of nitrogens with two attached hydrogens (primary N) is 1. The number of nitrogens with one attached hydrogen (secondary N) is 1. The van der Waals surface area contributed by atoms with Crippen LogP contribution >= 0.6 is 0 Å². The van der Waals surface area contributed by atoms with Crippen molar-refractivity contribution in [3.63, 3.8) is 0 Å². The van der Waals surface area contributed by atoms with Crippen LogP contribution in [0.5, 0.6) is 0 Å². The van der Waals surface area contributed by atoms with Crippen LogP contribution in [-0.2, 0) is 18.4 Å². The summed E-state index contributed by atoms with van der Waals surface area (Å²) in [5.74, 6) is -1.26. The minimum atomic E-state index is -0.735. The molecule has 2 amide bonds. The average molecular weight is 307 g/mol. The number of aromatic nitrogens is 4. The SMILES string of the molecule is Cc1nn(CC(=O)Nc2cnn(C)c2C(N)=O)cc1[N+](=O)[O-]. The van der Waals surface area contributed by atoms with Crippen molar-refractivity contribution >= 4 is 23.2 Å². The Hall–Kier alpha value is -3.24. The van der Waals surface area contributed by atoms with Crippen molar-refractivity contribution in [1.82, 2.24) is 19.6 Å². The molecule has 0 aliphatic carbocycles. The monoisotopic (exact) mass is 307 g/mol. The predicted octanol–water partition coefficient (Wildman–Crippen LogP) is -0.429. The van der Waals surface area contributed by atoms with E-state index in [1.807, 2.05) is 0 Å². The maximum Gasteiger partial charge on any atom is 0.309 e. The molecule has 0 unspecified atom stereocenters. The number of carbonyl (C=O) groups is 2. The van der Waals surface area contributed by atoms with E-state index in [0.717, 1.165) is 10.9 Å². The summed E-state index contributed by atoms with van der Waals surface area (Å²) in [5.41, 5.74) is 5.45. The van der Waals surface area contributed by atoms with Gasteiger partial charge in [0.25, 0.3) is 5.91 Å². The van der Waals surface area contributed by atoms with E-state index >= 15 is 0 Å². The van der Waals surface area contributed by atoms with Crippen LogP contribution in [0.15, 0.2) is 12.4 Å². The summed E-state index contributed by atoms with van der Waals surface area (Å²) in [6.07, 6.45) is 2.45. The second kappa shape index (κ2) is 5.63. The van der Waals surface area contributed by atoms with Gasteiger partial charge in [0.1, 0.15) is 24.1 Å². The molecule has 0 aliphatic rings. The molecule has 0 saturated carbocycles. The molecule has 3 N–H and O–H groups in total. The molecule has 0 aliphatic heterocycles. The van der Waals surface area contributed by atoms with E-state index < -0.39 is 16.7 Å². The highest BCUT2D eigenvalue weighted by Gasteiger charge is 2.19. The summed E-state index contributed by atoms with van der Waals surface area (Å²) in [4.78, 5) is 33.4. The standard InChI is InChI=1S/C11H13N7O4/c1-6-8(18(21)22)4-17(15-6)5-9(19)14-7-3-13-16(2)10(7)11(12)20/h3-4H,5H2,1-2H3,(H2,12,20)(H,14,19). The third-order valence-electron chi connectivity index (χ3n) is 2.87. The van der Waals surface area contributed by atoms with E-state index in [1.165, 1.54) is 24.9 Å². The minimum Gasteiger partial charge on any atom is -0.364 e. The quantitative estimate of drug-likeness (QED) is 0.565. The molecule has 0 saturated heterocycles. The number of hydrogen-bond acceptors (Lipinski definition) is 6. The first-order valence-electron chi connectivity index (χ1n) is 6.09. The number of hydrogen-bond donors (Lipinski definition) is 2. The van der Waals surface area contributed by atoms with E-state index in [-0.39, 0.29) is 29.3 Å². The Bertz CT molecular complexity index is 761. The van der Waals surface area contributed by atoms with Gasteiger partial charge in [0, 0.05) is 7.05 Å². The summed E-state index contributed by atoms with van der Waals surface area (Å²) in [5, 5.41) is 20.9. The number of aryl methyl sites for hydroxylation is 2. The van der Waals surface area contributed by atoms with Gasteiger partial charge in [-0.25, -0.2) is 0 Å². The van der Waals surface area contributed by atoms with Crippen LogP contribution in [0.1, 0.15) is 16.2 Å². The van der Waals surface area contributed by atoms with Crippen molar-refractivity contribution in [2.24, 2.45) is 12.8 Å². The number of amides is 2. The topological polar surface area (TPSA) is 151 Å². The van der Waals surface area contributed by atoms with E-state index in [1.54, 1.807) is 0 Å². The molecule has 2 aromatic rings. The number of nitrogens with zero attached hydrogens (tertiary/aromatic N) is 5. The molecule has 22 heavy (non-hydrogen) atoms. The Morgan fingerprint density at radius 3 is 2.73 bits per heavy atom. The zero-order chi connectivity index (χ0) is 16.4. The van der Waals surface area contributed by atoms with Gasteiger partial charge in [-0.15, -0.1) is 0 Å². The van der Waals surface area contributed by atoms with Crippen LogP contribution in [0.3, 0.4) is 0 Å². The summed E-state index contributed by atoms with van der Waals surface area (Å²) in [6, 6.07) is 0. The van der Waals surface area contributed by atoms with Crippen LogP contribution in [-0.4, -0.2) is 36.3 Å². The summed E-state index contributed by atoms with van der Waals surface area (Å²) >= 11 is 0. The Balaban J connectivity index is 2.12. The molecule has 0 bridgehead atoms. The molecule has 2 aromatic heterocycles. The van der Waals surface area contributed by atoms with Crippen LogP contribution in [0.25, 0.3) is 0 Å². The lowest BCUT2D eigenvalue weighted by atomic mass is 10.3. The molecule has 0 spiro atoms. The van der Waals surface area contributed by atoms with E-state index in [0.29, 0.717) is 0 Å². The third-order valence-corrected chi connectivity index (χ3v) is 2.87. The van der Waals surface area contributed by atoms with Gasteiger partial charge in [0.15, 0.2) is 0 Å². The molecule has 11 heteroatoms. The molecular weight excluding hydrogens is 294 g/mol. The minimum absolute atomic E-state index is 0.0518. The Kier molecular flexibility index (Phi) is 3.88. The van der Waals surface area contributed by atoms with Crippen molar-refractivity contribution in [2.75, 3.05) is 5.32 Å². The number of nitro groups is 1. The Labute approximate surface area is 123 Å². The Morgan fingerprint density at radius 2 is 2.18 bits per heavy atom. The van der Waals surface area contributed by atoms with Crippen molar-refractivity contribution in [1.29, 1.82) is 0 Å². The van der Waals surface area contributed by atoms with E-state index in [9.17, 15) is 19.7 Å². The second-order valence-corrected chi connectivity index (χ2v) is 4.50. The van der Waals surface area contributed by atoms with E-state index in [4.69, 9.17) is 5.73 Å². The molecule has 0 fully saturated rings. The first kappa shape index (κ1) is 15.2. The lowest BCUT2D eigenvalue weighted by Gasteiger charge is -2.05. The fourth-order valence-corrected chi connectivity index (χ4v) is 1.93. The fourth-order valence-electron chi connectivity index (χ4n) is 1.93. The van der Waals surface area contributed by atoms with Crippen LogP contribution in [0.4, 0.5) is 11.4 Å². The molecule has 11 nitrogen and oxygen atoms in total. The smallest absolute Gasteiger partial charge is 0.309 e. The van der Waals surface area contributed by atoms with Crippen molar-refractivity contribution in [2.45, 2.75) is 13.5 Å². The summed E-state index contributed by atoms with van der Waals surface area (Å²) in [7, 11) is 1.51. The van der Waals surface area contributed by atoms with Gasteiger partial charge < -0.3 is 11.1 Å². The zero-order valence-corrected chi connectivity index (χ0v) is 11.8.